The first-order valence-electron chi connectivity index (χ1n) is 6.59. The summed E-state index contributed by atoms with van der Waals surface area (Å²) < 4.78 is 25.4. The number of imidazole rings is 1. The Morgan fingerprint density at radius 2 is 2.22 bits per heavy atom. The number of nitrogens with zero attached hydrogens (tertiary/aromatic N) is 4. The number of esters is 1. The van der Waals surface area contributed by atoms with Crippen molar-refractivity contribution in [2.75, 3.05) is 6.61 Å². The number of hydrogen-bond acceptors (Lipinski definition) is 8. The van der Waals surface area contributed by atoms with Gasteiger partial charge in [-0.15, -0.1) is 0 Å². The Labute approximate surface area is 142 Å². The van der Waals surface area contributed by atoms with Crippen molar-refractivity contribution in [3.05, 3.63) is 16.1 Å². The summed E-state index contributed by atoms with van der Waals surface area (Å²) in [7, 11) is 0. The van der Waals surface area contributed by atoms with Gasteiger partial charge in [0.1, 0.15) is 34.1 Å². The van der Waals surface area contributed by atoms with Crippen LogP contribution in [-0.2, 0) is 14.3 Å². The molecule has 2 N–H and O–H groups in total. The Kier molecular flexibility index (Phi) is 4.44. The highest BCUT2D eigenvalue weighted by Crippen LogP contribution is 2.32. The Bertz CT molecular complexity index is 756. The van der Waals surface area contributed by atoms with Crippen molar-refractivity contribution in [1.82, 2.24) is 19.5 Å². The lowest BCUT2D eigenvalue weighted by Gasteiger charge is -2.16. The van der Waals surface area contributed by atoms with Gasteiger partial charge in [0.25, 0.3) is 0 Å². The molecule has 124 valence electrons. The van der Waals surface area contributed by atoms with E-state index >= 15 is 0 Å². The van der Waals surface area contributed by atoms with Crippen molar-refractivity contribution in [3.8, 4) is 0 Å². The molecule has 1 aliphatic rings. The molecule has 0 amide bonds. The second-order valence-corrected chi connectivity index (χ2v) is 5.98. The van der Waals surface area contributed by atoms with Gasteiger partial charge in [0.05, 0.1) is 6.33 Å². The van der Waals surface area contributed by atoms with Crippen LogP contribution in [0.15, 0.2) is 6.33 Å². The van der Waals surface area contributed by atoms with E-state index in [4.69, 9.17) is 9.47 Å². The highest BCUT2D eigenvalue weighted by Gasteiger charge is 2.44. The van der Waals surface area contributed by atoms with Crippen molar-refractivity contribution >= 4 is 39.7 Å². The fourth-order valence-electron chi connectivity index (χ4n) is 2.34. The van der Waals surface area contributed by atoms with Gasteiger partial charge in [-0.2, -0.15) is 14.4 Å². The average molecular weight is 438 g/mol. The zero-order valence-corrected chi connectivity index (χ0v) is 13.9. The van der Waals surface area contributed by atoms with E-state index in [1.807, 2.05) is 22.6 Å². The smallest absolute Gasteiger partial charge is 0.311 e. The maximum Gasteiger partial charge on any atom is 0.311 e. The summed E-state index contributed by atoms with van der Waals surface area (Å²) in [6, 6.07) is 0. The molecule has 0 aliphatic carbocycles. The molecule has 2 aromatic rings. The van der Waals surface area contributed by atoms with Gasteiger partial charge in [0.2, 0.25) is 0 Å². The van der Waals surface area contributed by atoms with E-state index in [1.54, 1.807) is 0 Å². The Morgan fingerprint density at radius 1 is 1.48 bits per heavy atom. The van der Waals surface area contributed by atoms with Crippen LogP contribution in [0.25, 0.3) is 11.2 Å². The number of ether oxygens (including phenoxy) is 2. The van der Waals surface area contributed by atoms with Crippen LogP contribution in [0, 0.1) is 9.78 Å². The predicted molar refractivity (Wildman–Crippen MR) is 80.6 cm³/mol. The number of rotatable bonds is 3. The second kappa shape index (κ2) is 6.22. The third-order valence-electron chi connectivity index (χ3n) is 3.41. The maximum absolute atomic E-state index is 13.4. The van der Waals surface area contributed by atoms with Crippen LogP contribution < -0.4 is 0 Å². The van der Waals surface area contributed by atoms with Gasteiger partial charge in [-0.3, -0.25) is 9.36 Å². The molecule has 1 aliphatic heterocycles. The highest BCUT2D eigenvalue weighted by atomic mass is 127. The summed E-state index contributed by atoms with van der Waals surface area (Å²) in [5.74, 6) is -0.531. The topological polar surface area (TPSA) is 120 Å². The van der Waals surface area contributed by atoms with E-state index in [-0.39, 0.29) is 12.3 Å². The van der Waals surface area contributed by atoms with Crippen LogP contribution in [0.3, 0.4) is 0 Å². The predicted octanol–water partition coefficient (Wildman–Crippen LogP) is -0.248. The molecule has 0 spiro atoms. The summed E-state index contributed by atoms with van der Waals surface area (Å²) in [6.45, 7) is 1.01. The number of carbonyl (C=O) groups excluding carboxylic acids is 1. The van der Waals surface area contributed by atoms with E-state index in [9.17, 15) is 19.4 Å². The molecule has 2 aromatic heterocycles. The summed E-state index contributed by atoms with van der Waals surface area (Å²) in [5.41, 5.74) is 0.479. The van der Waals surface area contributed by atoms with Gasteiger partial charge in [-0.25, -0.2) is 4.98 Å². The zero-order valence-electron chi connectivity index (χ0n) is 11.8. The number of hydrogen-bond donors (Lipinski definition) is 2. The molecule has 3 heterocycles. The first-order chi connectivity index (χ1) is 10.9. The Balaban J connectivity index is 1.91. The van der Waals surface area contributed by atoms with Crippen LogP contribution in [0.5, 0.6) is 0 Å². The van der Waals surface area contributed by atoms with Crippen molar-refractivity contribution in [3.63, 3.8) is 0 Å². The summed E-state index contributed by atoms with van der Waals surface area (Å²) in [4.78, 5) is 22.1. The van der Waals surface area contributed by atoms with Crippen molar-refractivity contribution < 1.29 is 28.9 Å². The third kappa shape index (κ3) is 3.00. The fourth-order valence-corrected chi connectivity index (χ4v) is 2.92. The summed E-state index contributed by atoms with van der Waals surface area (Å²) >= 11 is 1.82. The lowest BCUT2D eigenvalue weighted by molar-refractivity contribution is -0.147. The minimum absolute atomic E-state index is 0.131. The minimum atomic E-state index is -1.32. The molecule has 0 radical (unpaired) electrons. The zero-order chi connectivity index (χ0) is 16.7. The molecule has 0 bridgehead atoms. The van der Waals surface area contributed by atoms with Gasteiger partial charge < -0.3 is 19.7 Å². The van der Waals surface area contributed by atoms with Crippen LogP contribution in [0.2, 0.25) is 0 Å². The number of fused-ring (bicyclic) bond motifs is 1. The van der Waals surface area contributed by atoms with Gasteiger partial charge in [0.15, 0.2) is 11.9 Å². The fraction of sp³-hybridized carbons (Fsp3) is 0.500. The van der Waals surface area contributed by atoms with Crippen molar-refractivity contribution in [1.29, 1.82) is 0 Å². The van der Waals surface area contributed by atoms with Gasteiger partial charge in [0, 0.05) is 6.92 Å². The molecule has 3 rings (SSSR count). The maximum atomic E-state index is 13.4. The monoisotopic (exact) mass is 438 g/mol. The molecule has 23 heavy (non-hydrogen) atoms. The van der Waals surface area contributed by atoms with Crippen LogP contribution in [-0.4, -0.2) is 60.6 Å². The van der Waals surface area contributed by atoms with Gasteiger partial charge in [-0.1, -0.05) is 0 Å². The number of aromatic nitrogens is 4. The quantitative estimate of drug-likeness (QED) is 0.292. The Hall–Kier alpha value is -1.44. The molecule has 1 fully saturated rings. The summed E-state index contributed by atoms with van der Waals surface area (Å²) in [6.07, 6.45) is -4.17. The van der Waals surface area contributed by atoms with E-state index in [0.29, 0.717) is 9.22 Å². The molecule has 0 saturated carbocycles. The average Bonchev–Trinajstić information content (AvgIpc) is 3.00. The largest absolute Gasteiger partial charge is 0.463 e. The van der Waals surface area contributed by atoms with E-state index in [2.05, 4.69) is 15.0 Å². The van der Waals surface area contributed by atoms with Crippen LogP contribution in [0.1, 0.15) is 13.2 Å². The van der Waals surface area contributed by atoms with Gasteiger partial charge >= 0.3 is 12.0 Å². The van der Waals surface area contributed by atoms with Crippen LogP contribution in [0.4, 0.5) is 4.39 Å². The molecule has 11 heteroatoms. The molecular weight excluding hydrogens is 426 g/mol. The van der Waals surface area contributed by atoms with E-state index in [1.165, 1.54) is 17.8 Å². The lowest BCUT2D eigenvalue weighted by Crippen LogP contribution is -2.34. The first kappa shape index (κ1) is 16.4. The standard InChI is InChI=1S/C12H12FIN4O5/c1-4(19)22-2-5-7(20)8(21)11(23-5)18-3-15-6-9(14)16-12(13)17-10(6)18/h3,5,7-8,11,20-21H,2H2,1H3/t5-,7+,8-,11-/m1/s1. The molecule has 0 aromatic carbocycles. The number of halogens is 2. The number of aliphatic hydroxyl groups is 2. The summed E-state index contributed by atoms with van der Waals surface area (Å²) in [5, 5.41) is 20.2. The molecule has 9 nitrogen and oxygen atoms in total. The minimum Gasteiger partial charge on any atom is -0.463 e. The lowest BCUT2D eigenvalue weighted by atomic mass is 10.1. The molecule has 4 atom stereocenters. The number of carbonyl (C=O) groups is 1. The Morgan fingerprint density at radius 3 is 2.91 bits per heavy atom. The van der Waals surface area contributed by atoms with Crippen LogP contribution >= 0.6 is 22.6 Å². The van der Waals surface area contributed by atoms with E-state index < -0.39 is 36.6 Å². The highest BCUT2D eigenvalue weighted by molar-refractivity contribution is 14.1. The van der Waals surface area contributed by atoms with Gasteiger partial charge in [-0.05, 0) is 22.6 Å². The second-order valence-electron chi connectivity index (χ2n) is 4.96. The SMILES string of the molecule is CC(=O)OC[C@H]1O[C@@H](n2cnc3c(I)nc(F)nc32)[C@H](O)[C@H]1O. The normalized spacial score (nSPS) is 27.5. The van der Waals surface area contributed by atoms with E-state index in [0.717, 1.165) is 0 Å². The molecule has 1 saturated heterocycles. The molecular formula is C12H12FIN4O5. The number of aliphatic hydroxyl groups excluding tert-OH is 2. The van der Waals surface area contributed by atoms with Crippen molar-refractivity contribution in [2.24, 2.45) is 0 Å². The van der Waals surface area contributed by atoms with Crippen molar-refractivity contribution in [2.45, 2.75) is 31.5 Å². The first-order valence-corrected chi connectivity index (χ1v) is 7.67. The third-order valence-corrected chi connectivity index (χ3v) is 4.17. The molecule has 0 unspecified atom stereocenters.